The first-order chi connectivity index (χ1) is 4.34. The SMILES string of the molecule is C=CCNC(=O)C1CC1. The second-order valence-corrected chi connectivity index (χ2v) is 2.31. The van der Waals surface area contributed by atoms with Crippen LogP contribution in [0.25, 0.3) is 0 Å². The van der Waals surface area contributed by atoms with Crippen LogP contribution in [0.4, 0.5) is 0 Å². The first kappa shape index (κ1) is 6.33. The molecule has 0 aliphatic heterocycles. The van der Waals surface area contributed by atoms with Crippen LogP contribution in [0.5, 0.6) is 0 Å². The van der Waals surface area contributed by atoms with Crippen molar-refractivity contribution in [1.82, 2.24) is 5.32 Å². The van der Waals surface area contributed by atoms with Gasteiger partial charge in [0.2, 0.25) is 5.91 Å². The van der Waals surface area contributed by atoms with Gasteiger partial charge in [-0.25, -0.2) is 0 Å². The third-order valence-electron chi connectivity index (χ3n) is 1.37. The summed E-state index contributed by atoms with van der Waals surface area (Å²) in [5.41, 5.74) is 0. The van der Waals surface area contributed by atoms with Gasteiger partial charge in [0, 0.05) is 12.5 Å². The van der Waals surface area contributed by atoms with Gasteiger partial charge in [-0.05, 0) is 12.8 Å². The Hall–Kier alpha value is -0.790. The summed E-state index contributed by atoms with van der Waals surface area (Å²) in [6, 6.07) is 0. The van der Waals surface area contributed by atoms with Crippen molar-refractivity contribution in [1.29, 1.82) is 0 Å². The molecular formula is C7H11NO. The Morgan fingerprint density at radius 2 is 2.44 bits per heavy atom. The van der Waals surface area contributed by atoms with Gasteiger partial charge in [0.1, 0.15) is 0 Å². The Morgan fingerprint density at radius 3 is 2.89 bits per heavy atom. The van der Waals surface area contributed by atoms with Crippen LogP contribution < -0.4 is 5.32 Å². The third kappa shape index (κ3) is 1.88. The maximum absolute atomic E-state index is 10.8. The van der Waals surface area contributed by atoms with Crippen LogP contribution in [-0.4, -0.2) is 12.5 Å². The molecule has 1 fully saturated rings. The Balaban J connectivity index is 2.10. The minimum Gasteiger partial charge on any atom is -0.352 e. The van der Waals surface area contributed by atoms with E-state index in [4.69, 9.17) is 0 Å². The monoisotopic (exact) mass is 125 g/mol. The first-order valence-corrected chi connectivity index (χ1v) is 3.23. The normalized spacial score (nSPS) is 16.9. The molecule has 1 N–H and O–H groups in total. The number of rotatable bonds is 3. The fourth-order valence-electron chi connectivity index (χ4n) is 0.663. The molecule has 0 aromatic rings. The third-order valence-corrected chi connectivity index (χ3v) is 1.37. The number of carbonyl (C=O) groups excluding carboxylic acids is 1. The standard InChI is InChI=1S/C7H11NO/c1-2-5-8-7(9)6-3-4-6/h2,6H,1,3-5H2,(H,8,9). The Kier molecular flexibility index (Phi) is 1.88. The van der Waals surface area contributed by atoms with Crippen molar-refractivity contribution in [3.05, 3.63) is 12.7 Å². The number of amides is 1. The number of nitrogens with one attached hydrogen (secondary N) is 1. The van der Waals surface area contributed by atoms with Crippen molar-refractivity contribution >= 4 is 5.91 Å². The van der Waals surface area contributed by atoms with E-state index in [0.29, 0.717) is 12.5 Å². The van der Waals surface area contributed by atoms with Crippen molar-refractivity contribution in [2.45, 2.75) is 12.8 Å². The van der Waals surface area contributed by atoms with Crippen LogP contribution >= 0.6 is 0 Å². The fourth-order valence-corrected chi connectivity index (χ4v) is 0.663. The highest BCUT2D eigenvalue weighted by Crippen LogP contribution is 2.28. The highest BCUT2D eigenvalue weighted by Gasteiger charge is 2.28. The predicted molar refractivity (Wildman–Crippen MR) is 35.9 cm³/mol. The minimum absolute atomic E-state index is 0.190. The molecule has 9 heavy (non-hydrogen) atoms. The highest BCUT2D eigenvalue weighted by atomic mass is 16.2. The molecule has 0 radical (unpaired) electrons. The van der Waals surface area contributed by atoms with E-state index >= 15 is 0 Å². The van der Waals surface area contributed by atoms with Gasteiger partial charge in [-0.1, -0.05) is 6.08 Å². The van der Waals surface area contributed by atoms with Crippen LogP contribution in [0, 0.1) is 5.92 Å². The summed E-state index contributed by atoms with van der Waals surface area (Å²) in [6.45, 7) is 4.10. The lowest BCUT2D eigenvalue weighted by Gasteiger charge is -1.96. The van der Waals surface area contributed by atoms with E-state index in [2.05, 4.69) is 11.9 Å². The number of hydrogen-bond acceptors (Lipinski definition) is 1. The van der Waals surface area contributed by atoms with E-state index in [9.17, 15) is 4.79 Å². The molecule has 1 saturated carbocycles. The van der Waals surface area contributed by atoms with Gasteiger partial charge in [-0.3, -0.25) is 4.79 Å². The average molecular weight is 125 g/mol. The molecule has 0 unspecified atom stereocenters. The van der Waals surface area contributed by atoms with Crippen molar-refractivity contribution < 1.29 is 4.79 Å². The molecule has 0 saturated heterocycles. The van der Waals surface area contributed by atoms with Crippen LogP contribution in [0.15, 0.2) is 12.7 Å². The topological polar surface area (TPSA) is 29.1 Å². The molecule has 0 atom stereocenters. The van der Waals surface area contributed by atoms with Gasteiger partial charge in [0.15, 0.2) is 0 Å². The lowest BCUT2D eigenvalue weighted by Crippen LogP contribution is -2.24. The average Bonchev–Trinajstić information content (AvgIpc) is 2.63. The Morgan fingerprint density at radius 1 is 1.78 bits per heavy atom. The molecule has 1 rings (SSSR count). The zero-order valence-electron chi connectivity index (χ0n) is 5.39. The van der Waals surface area contributed by atoms with Crippen molar-refractivity contribution in [3.8, 4) is 0 Å². The van der Waals surface area contributed by atoms with E-state index in [-0.39, 0.29) is 5.91 Å². The summed E-state index contributed by atoms with van der Waals surface area (Å²) in [5.74, 6) is 0.514. The Bertz CT molecular complexity index is 127. The van der Waals surface area contributed by atoms with Crippen molar-refractivity contribution in [2.24, 2.45) is 5.92 Å². The molecule has 2 heteroatoms. The molecular weight excluding hydrogens is 114 g/mol. The summed E-state index contributed by atoms with van der Waals surface area (Å²) >= 11 is 0. The first-order valence-electron chi connectivity index (χ1n) is 3.23. The van der Waals surface area contributed by atoms with Gasteiger partial charge in [0.25, 0.3) is 0 Å². The summed E-state index contributed by atoms with van der Waals surface area (Å²) < 4.78 is 0. The van der Waals surface area contributed by atoms with E-state index in [1.165, 1.54) is 0 Å². The molecule has 0 aromatic heterocycles. The van der Waals surface area contributed by atoms with E-state index < -0.39 is 0 Å². The van der Waals surface area contributed by atoms with E-state index in [1.54, 1.807) is 6.08 Å². The quantitative estimate of drug-likeness (QED) is 0.553. The minimum atomic E-state index is 0.190. The molecule has 50 valence electrons. The smallest absolute Gasteiger partial charge is 0.223 e. The van der Waals surface area contributed by atoms with E-state index in [1.807, 2.05) is 0 Å². The van der Waals surface area contributed by atoms with E-state index in [0.717, 1.165) is 12.8 Å². The summed E-state index contributed by atoms with van der Waals surface area (Å²) in [7, 11) is 0. The molecule has 0 bridgehead atoms. The predicted octanol–water partition coefficient (Wildman–Crippen LogP) is 0.699. The maximum atomic E-state index is 10.8. The molecule has 0 aromatic carbocycles. The van der Waals surface area contributed by atoms with Gasteiger partial charge in [-0.2, -0.15) is 0 Å². The molecule has 2 nitrogen and oxygen atoms in total. The zero-order chi connectivity index (χ0) is 6.69. The van der Waals surface area contributed by atoms with Crippen molar-refractivity contribution in [2.75, 3.05) is 6.54 Å². The molecule has 0 spiro atoms. The molecule has 1 amide bonds. The van der Waals surface area contributed by atoms with Gasteiger partial charge >= 0.3 is 0 Å². The largest absolute Gasteiger partial charge is 0.352 e. The van der Waals surface area contributed by atoms with Gasteiger partial charge in [0.05, 0.1) is 0 Å². The molecule has 1 aliphatic carbocycles. The van der Waals surface area contributed by atoms with Crippen LogP contribution in [0.3, 0.4) is 0 Å². The Labute approximate surface area is 54.9 Å². The summed E-state index contributed by atoms with van der Waals surface area (Å²) in [6.07, 6.45) is 3.84. The zero-order valence-corrected chi connectivity index (χ0v) is 5.39. The molecule has 1 aliphatic rings. The van der Waals surface area contributed by atoms with Crippen LogP contribution in [-0.2, 0) is 4.79 Å². The fraction of sp³-hybridized carbons (Fsp3) is 0.571. The number of hydrogen-bond donors (Lipinski definition) is 1. The lowest BCUT2D eigenvalue weighted by molar-refractivity contribution is -0.122. The maximum Gasteiger partial charge on any atom is 0.223 e. The molecule has 0 heterocycles. The van der Waals surface area contributed by atoms with Crippen LogP contribution in [0.2, 0.25) is 0 Å². The van der Waals surface area contributed by atoms with Gasteiger partial charge in [-0.15, -0.1) is 6.58 Å². The van der Waals surface area contributed by atoms with Gasteiger partial charge < -0.3 is 5.32 Å². The summed E-state index contributed by atoms with van der Waals surface area (Å²) in [5, 5.41) is 2.74. The highest BCUT2D eigenvalue weighted by molar-refractivity contribution is 5.80. The second-order valence-electron chi connectivity index (χ2n) is 2.31. The second kappa shape index (κ2) is 2.67. The summed E-state index contributed by atoms with van der Waals surface area (Å²) in [4.78, 5) is 10.8. The number of carbonyl (C=O) groups is 1. The lowest BCUT2D eigenvalue weighted by atomic mass is 10.4. The van der Waals surface area contributed by atoms with Crippen LogP contribution in [0.1, 0.15) is 12.8 Å². The van der Waals surface area contributed by atoms with Crippen molar-refractivity contribution in [3.63, 3.8) is 0 Å².